The van der Waals surface area contributed by atoms with Gasteiger partial charge in [-0.05, 0) is 17.9 Å². The van der Waals surface area contributed by atoms with Crippen molar-refractivity contribution in [2.45, 2.75) is 33.1 Å². The molecule has 0 bridgehead atoms. The molecule has 1 heterocycles. The van der Waals surface area contributed by atoms with E-state index in [0.29, 0.717) is 5.69 Å². The van der Waals surface area contributed by atoms with Crippen LogP contribution in [0.5, 0.6) is 0 Å². The topological polar surface area (TPSA) is 53.0 Å². The average Bonchev–Trinajstić information content (AvgIpc) is 2.70. The Labute approximate surface area is 116 Å². The van der Waals surface area contributed by atoms with Gasteiger partial charge in [0.2, 0.25) is 0 Å². The van der Waals surface area contributed by atoms with E-state index < -0.39 is 5.97 Å². The van der Waals surface area contributed by atoms with Gasteiger partial charge in [-0.1, -0.05) is 45.0 Å². The van der Waals surface area contributed by atoms with Crippen LogP contribution in [-0.4, -0.2) is 11.0 Å². The van der Waals surface area contributed by atoms with E-state index in [1.807, 2.05) is 12.1 Å². The third-order valence-corrected chi connectivity index (χ3v) is 4.17. The molecule has 0 atom stereocenters. The van der Waals surface area contributed by atoms with Gasteiger partial charge in [0, 0.05) is 5.56 Å². The van der Waals surface area contributed by atoms with Crippen molar-refractivity contribution in [2.24, 2.45) is 0 Å². The minimum Gasteiger partial charge on any atom is -0.544 e. The number of benzene rings is 1. The first-order chi connectivity index (χ1) is 8.79. The maximum absolute atomic E-state index is 10.9. The summed E-state index contributed by atoms with van der Waals surface area (Å²) in [6.07, 6.45) is 0. The Bertz CT molecular complexity index is 606. The van der Waals surface area contributed by atoms with Crippen LogP contribution in [0.25, 0.3) is 10.6 Å². The fraction of sp³-hybridized carbons (Fsp3) is 0.333. The second-order valence-electron chi connectivity index (χ2n) is 5.55. The van der Waals surface area contributed by atoms with Crippen LogP contribution in [0.3, 0.4) is 0 Å². The van der Waals surface area contributed by atoms with Gasteiger partial charge in [-0.15, -0.1) is 11.3 Å². The van der Waals surface area contributed by atoms with Crippen LogP contribution in [0, 0.1) is 6.92 Å². The summed E-state index contributed by atoms with van der Waals surface area (Å²) in [5.74, 6) is -1.16. The highest BCUT2D eigenvalue weighted by atomic mass is 32.1. The zero-order valence-corrected chi connectivity index (χ0v) is 12.3. The number of nitrogens with zero attached hydrogens (tertiary/aromatic N) is 1. The van der Waals surface area contributed by atoms with E-state index in [-0.39, 0.29) is 10.3 Å². The van der Waals surface area contributed by atoms with Gasteiger partial charge in [0.15, 0.2) is 0 Å². The molecule has 0 N–H and O–H groups in total. The summed E-state index contributed by atoms with van der Waals surface area (Å²) in [6.45, 7) is 8.16. The Kier molecular flexibility index (Phi) is 3.45. The summed E-state index contributed by atoms with van der Waals surface area (Å²) in [5.41, 5.74) is 2.80. The number of carboxylic acids is 1. The molecular weight excluding hydrogens is 258 g/mol. The van der Waals surface area contributed by atoms with Gasteiger partial charge in [0.05, 0.1) is 16.5 Å². The van der Waals surface area contributed by atoms with Crippen LogP contribution >= 0.6 is 11.3 Å². The molecule has 0 aliphatic heterocycles. The Morgan fingerprint density at radius 3 is 2.21 bits per heavy atom. The molecule has 4 heteroatoms. The van der Waals surface area contributed by atoms with Crippen LogP contribution in [0.15, 0.2) is 24.3 Å². The third-order valence-electron chi connectivity index (χ3n) is 2.98. The summed E-state index contributed by atoms with van der Waals surface area (Å²) >= 11 is 1.16. The lowest BCUT2D eigenvalue weighted by molar-refractivity contribution is -0.254. The number of carbonyl (C=O) groups is 1. The zero-order valence-electron chi connectivity index (χ0n) is 11.5. The van der Waals surface area contributed by atoms with Crippen LogP contribution < -0.4 is 5.11 Å². The molecule has 0 spiro atoms. The molecule has 0 aliphatic carbocycles. The predicted molar refractivity (Wildman–Crippen MR) is 75.3 cm³/mol. The number of thiazole rings is 1. The number of aromatic carboxylic acids is 1. The number of aryl methyl sites for hydroxylation is 1. The summed E-state index contributed by atoms with van der Waals surface area (Å²) in [4.78, 5) is 15.4. The van der Waals surface area contributed by atoms with E-state index in [4.69, 9.17) is 0 Å². The van der Waals surface area contributed by atoms with Gasteiger partial charge in [-0.3, -0.25) is 0 Å². The summed E-state index contributed by atoms with van der Waals surface area (Å²) in [6, 6.07) is 8.09. The largest absolute Gasteiger partial charge is 0.544 e. The Morgan fingerprint density at radius 1 is 1.21 bits per heavy atom. The number of hydrogen-bond acceptors (Lipinski definition) is 4. The van der Waals surface area contributed by atoms with Crippen LogP contribution in [0.4, 0.5) is 0 Å². The van der Waals surface area contributed by atoms with Crippen molar-refractivity contribution in [3.8, 4) is 10.6 Å². The SMILES string of the molecule is Cc1nc(-c2ccc(C(C)(C)C)cc2)sc1C(=O)[O-]. The molecule has 1 aromatic carbocycles. The normalized spacial score (nSPS) is 11.6. The minimum atomic E-state index is -1.16. The summed E-state index contributed by atoms with van der Waals surface area (Å²) < 4.78 is 0. The maximum atomic E-state index is 10.9. The van der Waals surface area contributed by atoms with Crippen LogP contribution in [0.2, 0.25) is 0 Å². The van der Waals surface area contributed by atoms with Crippen molar-refractivity contribution in [1.29, 1.82) is 0 Å². The molecule has 0 saturated heterocycles. The molecule has 19 heavy (non-hydrogen) atoms. The second-order valence-corrected chi connectivity index (χ2v) is 6.55. The van der Waals surface area contributed by atoms with Gasteiger partial charge < -0.3 is 9.90 Å². The molecule has 0 amide bonds. The number of hydrogen-bond donors (Lipinski definition) is 0. The average molecular weight is 274 g/mol. The first-order valence-electron chi connectivity index (χ1n) is 6.09. The van der Waals surface area contributed by atoms with Gasteiger partial charge in [-0.25, -0.2) is 4.98 Å². The van der Waals surface area contributed by atoms with Crippen molar-refractivity contribution < 1.29 is 9.90 Å². The van der Waals surface area contributed by atoms with Gasteiger partial charge >= 0.3 is 0 Å². The second kappa shape index (κ2) is 4.78. The number of aromatic nitrogens is 1. The van der Waals surface area contributed by atoms with Crippen molar-refractivity contribution in [3.05, 3.63) is 40.4 Å². The smallest absolute Gasteiger partial charge is 0.124 e. The monoisotopic (exact) mass is 274 g/mol. The predicted octanol–water partition coefficient (Wildman–Crippen LogP) is 2.78. The Morgan fingerprint density at radius 2 is 1.79 bits per heavy atom. The number of carbonyl (C=O) groups excluding carboxylic acids is 1. The van der Waals surface area contributed by atoms with Gasteiger partial charge in [-0.2, -0.15) is 0 Å². The van der Waals surface area contributed by atoms with E-state index in [1.165, 1.54) is 5.56 Å². The number of rotatable bonds is 2. The standard InChI is InChI=1S/C15H17NO2S/c1-9-12(14(17)18)19-13(16-9)10-5-7-11(8-6-10)15(2,3)4/h5-8H,1-4H3,(H,17,18)/p-1. The molecule has 100 valence electrons. The molecule has 0 aliphatic rings. The molecule has 0 radical (unpaired) electrons. The van der Waals surface area contributed by atoms with E-state index in [0.717, 1.165) is 21.9 Å². The third kappa shape index (κ3) is 2.84. The Hall–Kier alpha value is -1.68. The lowest BCUT2D eigenvalue weighted by Gasteiger charge is -2.18. The van der Waals surface area contributed by atoms with E-state index in [2.05, 4.69) is 37.9 Å². The first-order valence-corrected chi connectivity index (χ1v) is 6.90. The molecular formula is C15H16NO2S-. The zero-order chi connectivity index (χ0) is 14.2. The molecule has 2 aromatic rings. The van der Waals surface area contributed by atoms with Crippen molar-refractivity contribution >= 4 is 17.3 Å². The van der Waals surface area contributed by atoms with Crippen LogP contribution in [-0.2, 0) is 5.41 Å². The highest BCUT2D eigenvalue weighted by Crippen LogP contribution is 2.30. The fourth-order valence-electron chi connectivity index (χ4n) is 1.82. The summed E-state index contributed by atoms with van der Waals surface area (Å²) in [5, 5.41) is 11.6. The lowest BCUT2D eigenvalue weighted by atomic mass is 9.87. The molecule has 0 saturated carbocycles. The highest BCUT2D eigenvalue weighted by Gasteiger charge is 2.14. The number of carboxylic acid groups (broad SMARTS) is 1. The van der Waals surface area contributed by atoms with Gasteiger partial charge in [0.25, 0.3) is 0 Å². The fourth-order valence-corrected chi connectivity index (χ4v) is 2.73. The first kappa shape index (κ1) is 13.7. The van der Waals surface area contributed by atoms with Crippen molar-refractivity contribution in [3.63, 3.8) is 0 Å². The molecule has 3 nitrogen and oxygen atoms in total. The molecule has 2 rings (SSSR count). The van der Waals surface area contributed by atoms with Crippen molar-refractivity contribution in [2.75, 3.05) is 0 Å². The molecule has 0 unspecified atom stereocenters. The van der Waals surface area contributed by atoms with Gasteiger partial charge in [0.1, 0.15) is 5.01 Å². The van der Waals surface area contributed by atoms with E-state index in [1.54, 1.807) is 6.92 Å². The maximum Gasteiger partial charge on any atom is 0.124 e. The summed E-state index contributed by atoms with van der Waals surface area (Å²) in [7, 11) is 0. The van der Waals surface area contributed by atoms with Crippen LogP contribution in [0.1, 0.15) is 41.7 Å². The molecule has 1 aromatic heterocycles. The lowest BCUT2D eigenvalue weighted by Crippen LogP contribution is -2.21. The van der Waals surface area contributed by atoms with Crippen molar-refractivity contribution in [1.82, 2.24) is 4.98 Å². The molecule has 0 fully saturated rings. The van der Waals surface area contributed by atoms with E-state index in [9.17, 15) is 9.90 Å². The minimum absolute atomic E-state index is 0.105. The highest BCUT2D eigenvalue weighted by molar-refractivity contribution is 7.17. The Balaban J connectivity index is 2.38. The quantitative estimate of drug-likeness (QED) is 0.846. The van der Waals surface area contributed by atoms with E-state index >= 15 is 0 Å².